The van der Waals surface area contributed by atoms with Gasteiger partial charge in [-0.05, 0) is 37.6 Å². The number of nitrogens with zero attached hydrogens (tertiary/aromatic N) is 2. The average Bonchev–Trinajstić information content (AvgIpc) is 2.66. The van der Waals surface area contributed by atoms with Crippen LogP contribution in [0.5, 0.6) is 0 Å². The molecule has 0 radical (unpaired) electrons. The van der Waals surface area contributed by atoms with Gasteiger partial charge in [0.2, 0.25) is 11.8 Å². The number of benzene rings is 1. The van der Waals surface area contributed by atoms with Crippen LogP contribution in [-0.4, -0.2) is 67.0 Å². The third-order valence-corrected chi connectivity index (χ3v) is 5.54. The molecule has 26 heavy (non-hydrogen) atoms. The van der Waals surface area contributed by atoms with E-state index in [0.29, 0.717) is 42.0 Å². The van der Waals surface area contributed by atoms with Gasteiger partial charge >= 0.3 is 0 Å². The van der Waals surface area contributed by atoms with Gasteiger partial charge in [0.05, 0.1) is 35.8 Å². The van der Waals surface area contributed by atoms with E-state index in [0.717, 1.165) is 25.8 Å². The molecule has 1 aromatic rings. The van der Waals surface area contributed by atoms with Crippen LogP contribution in [0.15, 0.2) is 18.2 Å². The van der Waals surface area contributed by atoms with Crippen LogP contribution in [-0.2, 0) is 14.3 Å². The van der Waals surface area contributed by atoms with Crippen molar-refractivity contribution < 1.29 is 14.3 Å². The number of nitrogens with one attached hydrogen (secondary N) is 1. The van der Waals surface area contributed by atoms with Crippen LogP contribution in [0, 0.1) is 0 Å². The predicted molar refractivity (Wildman–Crippen MR) is 102 cm³/mol. The number of rotatable bonds is 4. The summed E-state index contributed by atoms with van der Waals surface area (Å²) >= 11 is 11.9. The topological polar surface area (TPSA) is 61.9 Å². The Labute approximate surface area is 163 Å². The second-order valence-electron chi connectivity index (χ2n) is 6.59. The first-order chi connectivity index (χ1) is 12.5. The molecular formula is C18H23Cl2N3O3. The van der Waals surface area contributed by atoms with E-state index in [-0.39, 0.29) is 24.4 Å². The van der Waals surface area contributed by atoms with Crippen LogP contribution < -0.4 is 5.32 Å². The summed E-state index contributed by atoms with van der Waals surface area (Å²) in [6.07, 6.45) is 2.71. The Morgan fingerprint density at radius 3 is 2.62 bits per heavy atom. The van der Waals surface area contributed by atoms with Crippen molar-refractivity contribution in [1.82, 2.24) is 9.80 Å². The van der Waals surface area contributed by atoms with E-state index in [2.05, 4.69) is 5.32 Å². The molecule has 1 aromatic carbocycles. The van der Waals surface area contributed by atoms with Gasteiger partial charge < -0.3 is 15.0 Å². The van der Waals surface area contributed by atoms with Crippen molar-refractivity contribution in [2.24, 2.45) is 0 Å². The second-order valence-corrected chi connectivity index (χ2v) is 7.41. The van der Waals surface area contributed by atoms with Gasteiger partial charge in [0.25, 0.3) is 0 Å². The van der Waals surface area contributed by atoms with Gasteiger partial charge in [-0.1, -0.05) is 29.6 Å². The number of carbonyl (C=O) groups excluding carboxylic acids is 2. The highest BCUT2D eigenvalue weighted by atomic mass is 35.5. The Balaban J connectivity index is 1.62. The summed E-state index contributed by atoms with van der Waals surface area (Å²) in [5.74, 6) is -0.0552. The van der Waals surface area contributed by atoms with Crippen LogP contribution in [0.25, 0.3) is 0 Å². The number of amides is 2. The second kappa shape index (κ2) is 9.04. The number of hydrogen-bond donors (Lipinski definition) is 1. The van der Waals surface area contributed by atoms with Gasteiger partial charge in [-0.3, -0.25) is 14.5 Å². The van der Waals surface area contributed by atoms with Crippen molar-refractivity contribution in [3.63, 3.8) is 0 Å². The fourth-order valence-electron chi connectivity index (χ4n) is 3.36. The van der Waals surface area contributed by atoms with Crippen molar-refractivity contribution in [1.29, 1.82) is 0 Å². The van der Waals surface area contributed by atoms with Crippen molar-refractivity contribution in [3.8, 4) is 0 Å². The zero-order valence-corrected chi connectivity index (χ0v) is 16.1. The fourth-order valence-corrected chi connectivity index (χ4v) is 3.66. The van der Waals surface area contributed by atoms with Crippen molar-refractivity contribution in [3.05, 3.63) is 28.2 Å². The van der Waals surface area contributed by atoms with E-state index in [9.17, 15) is 9.59 Å². The minimum atomic E-state index is -0.316. The zero-order chi connectivity index (χ0) is 18.5. The molecule has 0 saturated carbocycles. The summed E-state index contributed by atoms with van der Waals surface area (Å²) in [6.45, 7) is 3.40. The molecule has 6 nitrogen and oxygen atoms in total. The average molecular weight is 400 g/mol. The third-order valence-electron chi connectivity index (χ3n) is 4.81. The molecule has 2 fully saturated rings. The molecule has 8 heteroatoms. The van der Waals surface area contributed by atoms with Crippen LogP contribution in [0.1, 0.15) is 19.3 Å². The molecule has 2 amide bonds. The number of ether oxygens (including phenoxy) is 1. The molecule has 0 aromatic heterocycles. The molecule has 2 aliphatic heterocycles. The summed E-state index contributed by atoms with van der Waals surface area (Å²) in [7, 11) is 0. The third kappa shape index (κ3) is 4.88. The molecule has 0 spiro atoms. The number of anilines is 1. The minimum absolute atomic E-state index is 0.0579. The van der Waals surface area contributed by atoms with Gasteiger partial charge in [-0.25, -0.2) is 0 Å². The molecule has 2 aliphatic rings. The summed E-state index contributed by atoms with van der Waals surface area (Å²) < 4.78 is 5.29. The van der Waals surface area contributed by atoms with E-state index < -0.39 is 0 Å². The van der Waals surface area contributed by atoms with Gasteiger partial charge in [0, 0.05) is 18.8 Å². The van der Waals surface area contributed by atoms with Crippen LogP contribution >= 0.6 is 23.2 Å². The smallest absolute Gasteiger partial charge is 0.241 e. The summed E-state index contributed by atoms with van der Waals surface area (Å²) in [6, 6.07) is 4.69. The highest BCUT2D eigenvalue weighted by molar-refractivity contribution is 6.42. The molecule has 3 rings (SSSR count). The lowest BCUT2D eigenvalue weighted by molar-refractivity contribution is -0.138. The number of likely N-dealkylation sites (tertiary alicyclic amines) is 1. The van der Waals surface area contributed by atoms with E-state index in [1.165, 1.54) is 0 Å². The van der Waals surface area contributed by atoms with E-state index in [1.807, 2.05) is 9.80 Å². The van der Waals surface area contributed by atoms with E-state index >= 15 is 0 Å². The molecule has 1 unspecified atom stereocenters. The Morgan fingerprint density at radius 2 is 1.88 bits per heavy atom. The van der Waals surface area contributed by atoms with E-state index in [4.69, 9.17) is 27.9 Å². The summed E-state index contributed by atoms with van der Waals surface area (Å²) in [5.41, 5.74) is 0.606. The number of carbonyl (C=O) groups is 2. The van der Waals surface area contributed by atoms with Gasteiger partial charge in [0.1, 0.15) is 0 Å². The maximum absolute atomic E-state index is 12.8. The van der Waals surface area contributed by atoms with Crippen molar-refractivity contribution in [2.75, 3.05) is 44.7 Å². The molecule has 0 bridgehead atoms. The first kappa shape index (κ1) is 19.4. The monoisotopic (exact) mass is 399 g/mol. The van der Waals surface area contributed by atoms with E-state index in [1.54, 1.807) is 18.2 Å². The normalized spacial score (nSPS) is 21.5. The first-order valence-corrected chi connectivity index (χ1v) is 9.65. The molecule has 0 aliphatic carbocycles. The predicted octanol–water partition coefficient (Wildman–Crippen LogP) is 2.65. The van der Waals surface area contributed by atoms with Gasteiger partial charge in [-0.15, -0.1) is 0 Å². The molecular weight excluding hydrogens is 377 g/mol. The number of morpholine rings is 1. The number of halogens is 2. The first-order valence-electron chi connectivity index (χ1n) is 8.90. The summed E-state index contributed by atoms with van der Waals surface area (Å²) in [4.78, 5) is 29.1. The highest BCUT2D eigenvalue weighted by Gasteiger charge is 2.31. The van der Waals surface area contributed by atoms with Gasteiger partial charge in [0.15, 0.2) is 0 Å². The van der Waals surface area contributed by atoms with Crippen LogP contribution in [0.3, 0.4) is 0 Å². The zero-order valence-electron chi connectivity index (χ0n) is 14.5. The molecule has 2 heterocycles. The van der Waals surface area contributed by atoms with Gasteiger partial charge in [-0.2, -0.15) is 0 Å². The Morgan fingerprint density at radius 1 is 1.12 bits per heavy atom. The number of hydrogen-bond acceptors (Lipinski definition) is 4. The summed E-state index contributed by atoms with van der Waals surface area (Å²) in [5, 5.41) is 3.73. The van der Waals surface area contributed by atoms with Crippen molar-refractivity contribution in [2.45, 2.75) is 25.3 Å². The maximum Gasteiger partial charge on any atom is 0.241 e. The molecule has 2 saturated heterocycles. The number of piperidine rings is 1. The Kier molecular flexibility index (Phi) is 6.75. The lowest BCUT2D eigenvalue weighted by Gasteiger charge is -2.36. The quantitative estimate of drug-likeness (QED) is 0.844. The standard InChI is InChI=1S/C18H23Cl2N3O3/c19-14-5-4-13(11-15(14)20)21-18(25)16-3-1-2-6-23(16)12-17(24)22-7-9-26-10-8-22/h4-5,11,16H,1-3,6-10,12H2,(H,21,25). The maximum atomic E-state index is 12.8. The van der Waals surface area contributed by atoms with Crippen molar-refractivity contribution >= 4 is 40.7 Å². The highest BCUT2D eigenvalue weighted by Crippen LogP contribution is 2.26. The largest absolute Gasteiger partial charge is 0.378 e. The lowest BCUT2D eigenvalue weighted by atomic mass is 10.0. The molecule has 1 N–H and O–H groups in total. The Hall–Kier alpha value is -1.34. The Bertz CT molecular complexity index is 665. The van der Waals surface area contributed by atoms with Crippen LogP contribution in [0.4, 0.5) is 5.69 Å². The SMILES string of the molecule is O=C(Nc1ccc(Cl)c(Cl)c1)C1CCCCN1CC(=O)N1CCOCC1. The minimum Gasteiger partial charge on any atom is -0.378 e. The lowest BCUT2D eigenvalue weighted by Crippen LogP contribution is -2.52. The molecule has 1 atom stereocenters. The van der Waals surface area contributed by atoms with Crippen LogP contribution in [0.2, 0.25) is 10.0 Å². The fraction of sp³-hybridized carbons (Fsp3) is 0.556. The molecule has 142 valence electrons.